The molecule has 0 fully saturated rings. The van der Waals surface area contributed by atoms with Gasteiger partial charge >= 0.3 is 0 Å². The van der Waals surface area contributed by atoms with Gasteiger partial charge in [-0.05, 0) is 12.1 Å². The van der Waals surface area contributed by atoms with Crippen LogP contribution in [-0.2, 0) is 10.1 Å². The van der Waals surface area contributed by atoms with Crippen LogP contribution in [0.15, 0.2) is 30.3 Å². The standard InChI is InChI=1S/C9H11NO4S/c11-9(8-4-2-1-3-5-8)10-6-7-15(12,13)14/h1-5H,6-7H2,(H,10,11)(H,12,13,14)/p-1. The molecule has 0 aromatic heterocycles. The second-order valence-electron chi connectivity index (χ2n) is 2.88. The Morgan fingerprint density at radius 2 is 1.87 bits per heavy atom. The molecule has 0 aliphatic carbocycles. The van der Waals surface area contributed by atoms with E-state index in [9.17, 15) is 17.8 Å². The maximum atomic E-state index is 11.3. The van der Waals surface area contributed by atoms with E-state index in [4.69, 9.17) is 0 Å². The van der Waals surface area contributed by atoms with Crippen LogP contribution in [0.5, 0.6) is 0 Å². The van der Waals surface area contributed by atoms with Gasteiger partial charge in [0.15, 0.2) is 0 Å². The number of rotatable bonds is 4. The lowest BCUT2D eigenvalue weighted by molar-refractivity contribution is 0.0956. The molecule has 0 radical (unpaired) electrons. The SMILES string of the molecule is O=C(NCCS(=O)(=O)[O-])c1ccccc1. The van der Waals surface area contributed by atoms with Crippen molar-refractivity contribution in [2.75, 3.05) is 12.3 Å². The Kier molecular flexibility index (Phi) is 3.81. The molecule has 0 heterocycles. The fourth-order valence-corrected chi connectivity index (χ4v) is 1.33. The predicted molar refractivity (Wildman–Crippen MR) is 53.3 cm³/mol. The van der Waals surface area contributed by atoms with Crippen molar-refractivity contribution in [2.45, 2.75) is 0 Å². The normalized spacial score (nSPS) is 11.0. The highest BCUT2D eigenvalue weighted by Gasteiger charge is 2.03. The van der Waals surface area contributed by atoms with Gasteiger partial charge < -0.3 is 9.87 Å². The van der Waals surface area contributed by atoms with Crippen LogP contribution < -0.4 is 5.32 Å². The number of carbonyl (C=O) groups is 1. The lowest BCUT2D eigenvalue weighted by atomic mass is 10.2. The molecule has 15 heavy (non-hydrogen) atoms. The molecule has 82 valence electrons. The zero-order valence-corrected chi connectivity index (χ0v) is 8.66. The van der Waals surface area contributed by atoms with Gasteiger partial charge in [0.1, 0.15) is 0 Å². The van der Waals surface area contributed by atoms with Gasteiger partial charge in [-0.2, -0.15) is 0 Å². The molecule has 0 saturated heterocycles. The van der Waals surface area contributed by atoms with Crippen molar-refractivity contribution in [3.8, 4) is 0 Å². The number of hydrogen-bond acceptors (Lipinski definition) is 4. The van der Waals surface area contributed by atoms with E-state index in [0.717, 1.165) is 0 Å². The Bertz CT molecular complexity index is 427. The minimum absolute atomic E-state index is 0.167. The third kappa shape index (κ3) is 4.57. The molecule has 0 bridgehead atoms. The van der Waals surface area contributed by atoms with Crippen LogP contribution in [0.2, 0.25) is 0 Å². The van der Waals surface area contributed by atoms with Crippen LogP contribution in [0, 0.1) is 0 Å². The third-order valence-electron chi connectivity index (χ3n) is 1.67. The molecule has 1 rings (SSSR count). The number of hydrogen-bond donors (Lipinski definition) is 1. The molecule has 0 spiro atoms. The minimum atomic E-state index is -4.27. The van der Waals surface area contributed by atoms with Crippen molar-refractivity contribution in [1.29, 1.82) is 0 Å². The molecular formula is C9H10NO4S-. The lowest BCUT2D eigenvalue weighted by Gasteiger charge is -2.07. The molecule has 1 N–H and O–H groups in total. The maximum absolute atomic E-state index is 11.3. The molecule has 0 unspecified atom stereocenters. The second-order valence-corrected chi connectivity index (χ2v) is 4.41. The van der Waals surface area contributed by atoms with Gasteiger partial charge in [-0.1, -0.05) is 18.2 Å². The van der Waals surface area contributed by atoms with E-state index in [1.807, 2.05) is 0 Å². The highest BCUT2D eigenvalue weighted by molar-refractivity contribution is 7.85. The van der Waals surface area contributed by atoms with E-state index >= 15 is 0 Å². The highest BCUT2D eigenvalue weighted by atomic mass is 32.2. The first-order valence-electron chi connectivity index (χ1n) is 4.26. The molecule has 1 aromatic rings. The topological polar surface area (TPSA) is 86.3 Å². The first-order valence-corrected chi connectivity index (χ1v) is 5.83. The van der Waals surface area contributed by atoms with E-state index in [-0.39, 0.29) is 12.5 Å². The van der Waals surface area contributed by atoms with Crippen molar-refractivity contribution in [3.05, 3.63) is 35.9 Å². The van der Waals surface area contributed by atoms with Crippen LogP contribution >= 0.6 is 0 Å². The van der Waals surface area contributed by atoms with E-state index in [2.05, 4.69) is 5.32 Å². The van der Waals surface area contributed by atoms with Gasteiger partial charge in [0.25, 0.3) is 5.91 Å². The van der Waals surface area contributed by atoms with Gasteiger partial charge in [0.05, 0.1) is 15.9 Å². The summed E-state index contributed by atoms with van der Waals surface area (Å²) in [6.45, 7) is -0.167. The molecule has 0 aliphatic rings. The molecular weight excluding hydrogens is 218 g/mol. The molecule has 0 saturated carbocycles. The number of carbonyl (C=O) groups excluding carboxylic acids is 1. The van der Waals surface area contributed by atoms with E-state index in [0.29, 0.717) is 5.56 Å². The summed E-state index contributed by atoms with van der Waals surface area (Å²) in [6, 6.07) is 8.35. The summed E-state index contributed by atoms with van der Waals surface area (Å²) < 4.78 is 30.7. The van der Waals surface area contributed by atoms with E-state index < -0.39 is 15.9 Å². The van der Waals surface area contributed by atoms with Gasteiger partial charge in [0.2, 0.25) is 0 Å². The summed E-state index contributed by atoms with van der Waals surface area (Å²) in [4.78, 5) is 11.3. The first-order chi connectivity index (χ1) is 6.99. The molecule has 5 nitrogen and oxygen atoms in total. The fourth-order valence-electron chi connectivity index (χ4n) is 0.981. The number of nitrogens with one attached hydrogen (secondary N) is 1. The summed E-state index contributed by atoms with van der Waals surface area (Å²) in [7, 11) is -4.27. The van der Waals surface area contributed by atoms with Crippen molar-refractivity contribution >= 4 is 16.0 Å². The summed E-state index contributed by atoms with van der Waals surface area (Å²) in [5, 5.41) is 2.34. The van der Waals surface area contributed by atoms with Crippen LogP contribution in [0.25, 0.3) is 0 Å². The van der Waals surface area contributed by atoms with Crippen molar-refractivity contribution < 1.29 is 17.8 Å². The minimum Gasteiger partial charge on any atom is -0.748 e. The zero-order valence-electron chi connectivity index (χ0n) is 7.84. The van der Waals surface area contributed by atoms with Gasteiger partial charge in [-0.15, -0.1) is 0 Å². The van der Waals surface area contributed by atoms with Gasteiger partial charge in [0, 0.05) is 12.1 Å². The smallest absolute Gasteiger partial charge is 0.251 e. The Morgan fingerprint density at radius 1 is 1.27 bits per heavy atom. The quantitative estimate of drug-likeness (QED) is 0.733. The van der Waals surface area contributed by atoms with Crippen LogP contribution in [-0.4, -0.2) is 31.2 Å². The van der Waals surface area contributed by atoms with Gasteiger partial charge in [-0.3, -0.25) is 4.79 Å². The predicted octanol–water partition coefficient (Wildman–Crippen LogP) is -0.0384. The van der Waals surface area contributed by atoms with Crippen molar-refractivity contribution in [2.24, 2.45) is 0 Å². The third-order valence-corrected chi connectivity index (χ3v) is 2.38. The van der Waals surface area contributed by atoms with Crippen molar-refractivity contribution in [3.63, 3.8) is 0 Å². The molecule has 1 amide bonds. The van der Waals surface area contributed by atoms with Crippen LogP contribution in [0.4, 0.5) is 0 Å². The summed E-state index contributed by atoms with van der Waals surface area (Å²) in [5.74, 6) is -0.981. The van der Waals surface area contributed by atoms with Crippen LogP contribution in [0.1, 0.15) is 10.4 Å². The van der Waals surface area contributed by atoms with Crippen LogP contribution in [0.3, 0.4) is 0 Å². The first kappa shape index (κ1) is 11.7. The number of benzene rings is 1. The highest BCUT2D eigenvalue weighted by Crippen LogP contribution is 1.97. The Labute approximate surface area is 87.9 Å². The molecule has 0 atom stereocenters. The maximum Gasteiger partial charge on any atom is 0.251 e. The van der Waals surface area contributed by atoms with Gasteiger partial charge in [-0.25, -0.2) is 8.42 Å². The second kappa shape index (κ2) is 4.90. The summed E-state index contributed by atoms with van der Waals surface area (Å²) in [6.07, 6.45) is 0. The Balaban J connectivity index is 2.45. The molecule has 0 aliphatic heterocycles. The zero-order chi connectivity index (χ0) is 11.3. The molecule has 6 heteroatoms. The van der Waals surface area contributed by atoms with E-state index in [1.165, 1.54) is 0 Å². The average Bonchev–Trinajstić information content (AvgIpc) is 2.17. The monoisotopic (exact) mass is 228 g/mol. The van der Waals surface area contributed by atoms with Crippen molar-refractivity contribution in [1.82, 2.24) is 5.32 Å². The van der Waals surface area contributed by atoms with E-state index in [1.54, 1.807) is 30.3 Å². The largest absolute Gasteiger partial charge is 0.748 e. The fraction of sp³-hybridized carbons (Fsp3) is 0.222. The summed E-state index contributed by atoms with van der Waals surface area (Å²) in [5.41, 5.74) is 0.431. The summed E-state index contributed by atoms with van der Waals surface area (Å²) >= 11 is 0. The molecule has 1 aromatic carbocycles. The number of amides is 1. The average molecular weight is 228 g/mol. The lowest BCUT2D eigenvalue weighted by Crippen LogP contribution is -2.28. The Morgan fingerprint density at radius 3 is 2.40 bits per heavy atom. The Hall–Kier alpha value is -1.40.